The maximum absolute atomic E-state index is 10.4. The Kier molecular flexibility index (Phi) is 4.81. The van der Waals surface area contributed by atoms with Crippen molar-refractivity contribution in [3.8, 4) is 0 Å². The molecular formula is C7H17N3O. The molecule has 0 aliphatic rings. The van der Waals surface area contributed by atoms with Crippen molar-refractivity contribution in [3.63, 3.8) is 0 Å². The van der Waals surface area contributed by atoms with Gasteiger partial charge in [-0.15, -0.1) is 0 Å². The predicted molar refractivity (Wildman–Crippen MR) is 45.0 cm³/mol. The molecule has 0 aromatic heterocycles. The second-order valence-electron chi connectivity index (χ2n) is 2.97. The summed E-state index contributed by atoms with van der Waals surface area (Å²) in [4.78, 5) is 12.3. The number of carbonyl (C=O) groups is 1. The fraction of sp³-hybridized carbons (Fsp3) is 0.857. The largest absolute Gasteiger partial charge is 0.369 e. The smallest absolute Gasteiger partial charge is 0.231 e. The monoisotopic (exact) mass is 159 g/mol. The fourth-order valence-corrected chi connectivity index (χ4v) is 0.769. The molecule has 0 aliphatic carbocycles. The normalized spacial score (nSPS) is 13.5. The van der Waals surface area contributed by atoms with Crippen molar-refractivity contribution in [1.29, 1.82) is 0 Å². The molecule has 66 valence electrons. The number of likely N-dealkylation sites (N-methyl/N-ethyl adjacent to an activating group) is 1. The summed E-state index contributed by atoms with van der Waals surface area (Å²) < 4.78 is 0. The minimum Gasteiger partial charge on any atom is -0.369 e. The molecule has 4 N–H and O–H groups in total. The van der Waals surface area contributed by atoms with Crippen LogP contribution in [0.3, 0.4) is 0 Å². The fourth-order valence-electron chi connectivity index (χ4n) is 0.769. The first-order valence-electron chi connectivity index (χ1n) is 3.74. The van der Waals surface area contributed by atoms with Gasteiger partial charge in [-0.3, -0.25) is 9.69 Å². The molecule has 0 heterocycles. The third-order valence-corrected chi connectivity index (χ3v) is 1.39. The van der Waals surface area contributed by atoms with Crippen molar-refractivity contribution in [1.82, 2.24) is 4.90 Å². The number of nitrogens with two attached hydrogens (primary N) is 2. The lowest BCUT2D eigenvalue weighted by Gasteiger charge is -2.15. The SMILES string of the molecule is CC(N)CCN(C)CC(N)=O. The molecular weight excluding hydrogens is 142 g/mol. The van der Waals surface area contributed by atoms with Crippen LogP contribution >= 0.6 is 0 Å². The highest BCUT2D eigenvalue weighted by Gasteiger charge is 2.02. The van der Waals surface area contributed by atoms with Gasteiger partial charge in [-0.05, 0) is 26.9 Å². The second kappa shape index (κ2) is 5.09. The minimum absolute atomic E-state index is 0.185. The van der Waals surface area contributed by atoms with Gasteiger partial charge in [0.05, 0.1) is 6.54 Å². The number of hydrogen-bond donors (Lipinski definition) is 2. The average Bonchev–Trinajstić information content (AvgIpc) is 1.82. The molecule has 0 saturated carbocycles. The Balaban J connectivity index is 3.37. The molecule has 11 heavy (non-hydrogen) atoms. The maximum atomic E-state index is 10.4. The van der Waals surface area contributed by atoms with Gasteiger partial charge in [0.2, 0.25) is 5.91 Å². The molecule has 0 radical (unpaired) electrons. The van der Waals surface area contributed by atoms with Crippen LogP contribution in [0.2, 0.25) is 0 Å². The molecule has 1 amide bonds. The van der Waals surface area contributed by atoms with Crippen LogP contribution in [0.4, 0.5) is 0 Å². The second-order valence-corrected chi connectivity index (χ2v) is 2.97. The number of hydrogen-bond acceptors (Lipinski definition) is 3. The van der Waals surface area contributed by atoms with E-state index in [9.17, 15) is 4.79 Å². The standard InChI is InChI=1S/C7H17N3O/c1-6(8)3-4-10(2)5-7(9)11/h6H,3-5,8H2,1-2H3,(H2,9,11). The van der Waals surface area contributed by atoms with Gasteiger partial charge in [0, 0.05) is 6.04 Å². The molecule has 4 heteroatoms. The summed E-state index contributed by atoms with van der Waals surface area (Å²) in [5.74, 6) is -0.294. The van der Waals surface area contributed by atoms with E-state index in [0.29, 0.717) is 6.54 Å². The van der Waals surface area contributed by atoms with E-state index in [1.54, 1.807) is 0 Å². The zero-order chi connectivity index (χ0) is 8.85. The van der Waals surface area contributed by atoms with Crippen LogP contribution in [0.1, 0.15) is 13.3 Å². The average molecular weight is 159 g/mol. The summed E-state index contributed by atoms with van der Waals surface area (Å²) in [7, 11) is 1.85. The Morgan fingerprint density at radius 2 is 2.18 bits per heavy atom. The first kappa shape index (κ1) is 10.4. The summed E-state index contributed by atoms with van der Waals surface area (Å²) >= 11 is 0. The van der Waals surface area contributed by atoms with Crippen LogP contribution in [0.5, 0.6) is 0 Å². The van der Waals surface area contributed by atoms with Gasteiger partial charge >= 0.3 is 0 Å². The van der Waals surface area contributed by atoms with Gasteiger partial charge in [-0.1, -0.05) is 0 Å². The van der Waals surface area contributed by atoms with E-state index in [4.69, 9.17) is 11.5 Å². The molecule has 0 aromatic carbocycles. The Hall–Kier alpha value is -0.610. The van der Waals surface area contributed by atoms with E-state index in [2.05, 4.69) is 0 Å². The van der Waals surface area contributed by atoms with Crippen molar-refractivity contribution in [2.75, 3.05) is 20.1 Å². The maximum Gasteiger partial charge on any atom is 0.231 e. The van der Waals surface area contributed by atoms with Crippen LogP contribution in [-0.2, 0) is 4.79 Å². The quantitative estimate of drug-likeness (QED) is 0.548. The van der Waals surface area contributed by atoms with Crippen molar-refractivity contribution in [2.24, 2.45) is 11.5 Å². The summed E-state index contributed by atoms with van der Waals surface area (Å²) in [5, 5.41) is 0. The van der Waals surface area contributed by atoms with Crippen LogP contribution in [0.15, 0.2) is 0 Å². The summed E-state index contributed by atoms with van der Waals surface area (Å²) in [6.07, 6.45) is 0.893. The molecule has 0 spiro atoms. The van der Waals surface area contributed by atoms with Crippen molar-refractivity contribution >= 4 is 5.91 Å². The van der Waals surface area contributed by atoms with Gasteiger partial charge in [-0.25, -0.2) is 0 Å². The third-order valence-electron chi connectivity index (χ3n) is 1.39. The Morgan fingerprint density at radius 1 is 1.64 bits per heavy atom. The van der Waals surface area contributed by atoms with Crippen LogP contribution in [0, 0.1) is 0 Å². The number of nitrogens with zero attached hydrogens (tertiary/aromatic N) is 1. The first-order valence-corrected chi connectivity index (χ1v) is 3.74. The molecule has 0 aromatic rings. The van der Waals surface area contributed by atoms with Crippen molar-refractivity contribution in [2.45, 2.75) is 19.4 Å². The van der Waals surface area contributed by atoms with E-state index < -0.39 is 0 Å². The summed E-state index contributed by atoms with van der Waals surface area (Å²) in [6.45, 7) is 3.07. The lowest BCUT2D eigenvalue weighted by molar-refractivity contribution is -0.118. The molecule has 0 aliphatic heterocycles. The molecule has 1 unspecified atom stereocenters. The van der Waals surface area contributed by atoms with Gasteiger partial charge < -0.3 is 11.5 Å². The summed E-state index contributed by atoms with van der Waals surface area (Å²) in [6, 6.07) is 0.185. The summed E-state index contributed by atoms with van der Waals surface area (Å²) in [5.41, 5.74) is 10.5. The van der Waals surface area contributed by atoms with E-state index in [1.807, 2.05) is 18.9 Å². The van der Waals surface area contributed by atoms with Crippen molar-refractivity contribution < 1.29 is 4.79 Å². The zero-order valence-electron chi connectivity index (χ0n) is 7.21. The first-order chi connectivity index (χ1) is 5.02. The lowest BCUT2D eigenvalue weighted by Crippen LogP contribution is -2.33. The lowest BCUT2D eigenvalue weighted by atomic mass is 10.2. The Morgan fingerprint density at radius 3 is 2.55 bits per heavy atom. The van der Waals surface area contributed by atoms with Crippen LogP contribution in [-0.4, -0.2) is 37.0 Å². The number of carbonyl (C=O) groups excluding carboxylic acids is 1. The predicted octanol–water partition coefficient (Wildman–Crippen LogP) is -0.859. The molecule has 4 nitrogen and oxygen atoms in total. The van der Waals surface area contributed by atoms with Gasteiger partial charge in [0.1, 0.15) is 0 Å². The van der Waals surface area contributed by atoms with Crippen LogP contribution < -0.4 is 11.5 Å². The van der Waals surface area contributed by atoms with Crippen LogP contribution in [0.25, 0.3) is 0 Å². The molecule has 0 rings (SSSR count). The van der Waals surface area contributed by atoms with Gasteiger partial charge in [-0.2, -0.15) is 0 Å². The highest BCUT2D eigenvalue weighted by molar-refractivity contribution is 5.75. The van der Waals surface area contributed by atoms with E-state index >= 15 is 0 Å². The number of rotatable bonds is 5. The molecule has 1 atom stereocenters. The Bertz CT molecular complexity index is 125. The van der Waals surface area contributed by atoms with Crippen molar-refractivity contribution in [3.05, 3.63) is 0 Å². The topological polar surface area (TPSA) is 72.3 Å². The highest BCUT2D eigenvalue weighted by atomic mass is 16.1. The van der Waals surface area contributed by atoms with Gasteiger partial charge in [0.15, 0.2) is 0 Å². The van der Waals surface area contributed by atoms with E-state index in [1.165, 1.54) is 0 Å². The van der Waals surface area contributed by atoms with E-state index in [-0.39, 0.29) is 11.9 Å². The highest BCUT2D eigenvalue weighted by Crippen LogP contribution is 1.89. The molecule has 0 fully saturated rings. The molecule has 0 saturated heterocycles. The number of primary amides is 1. The zero-order valence-corrected chi connectivity index (χ0v) is 7.21. The molecule has 0 bridgehead atoms. The van der Waals surface area contributed by atoms with E-state index in [0.717, 1.165) is 13.0 Å². The third kappa shape index (κ3) is 7.29. The minimum atomic E-state index is -0.294. The Labute approximate surface area is 67.5 Å². The number of amides is 1. The van der Waals surface area contributed by atoms with Gasteiger partial charge in [0.25, 0.3) is 0 Å².